The summed E-state index contributed by atoms with van der Waals surface area (Å²) in [5, 5.41) is 12.8. The summed E-state index contributed by atoms with van der Waals surface area (Å²) in [6.07, 6.45) is 6.69. The third-order valence-corrected chi connectivity index (χ3v) is 4.31. The van der Waals surface area contributed by atoms with Crippen molar-refractivity contribution in [2.24, 2.45) is 5.92 Å². The van der Waals surface area contributed by atoms with Crippen LogP contribution in [0.25, 0.3) is 0 Å². The van der Waals surface area contributed by atoms with Crippen LogP contribution in [0.5, 0.6) is 0 Å². The number of rotatable bonds is 4. The molecule has 1 saturated carbocycles. The van der Waals surface area contributed by atoms with Gasteiger partial charge in [-0.3, -0.25) is 9.69 Å². The van der Waals surface area contributed by atoms with Crippen molar-refractivity contribution < 1.29 is 9.90 Å². The second kappa shape index (κ2) is 6.53. The van der Waals surface area contributed by atoms with Crippen molar-refractivity contribution in [2.45, 2.75) is 57.6 Å². The van der Waals surface area contributed by atoms with Crippen LogP contribution in [0.1, 0.15) is 45.4 Å². The van der Waals surface area contributed by atoms with Crippen LogP contribution < -0.4 is 5.32 Å². The van der Waals surface area contributed by atoms with Crippen LogP contribution in [0, 0.1) is 5.92 Å². The number of nitrogens with zero attached hydrogens (tertiary/aromatic N) is 1. The fourth-order valence-electron chi connectivity index (χ4n) is 3.18. The lowest BCUT2D eigenvalue weighted by molar-refractivity contribution is -0.123. The first-order chi connectivity index (χ1) is 8.65. The number of aliphatic hydroxyl groups excluding tert-OH is 1. The Labute approximate surface area is 110 Å². The normalized spacial score (nSPS) is 28.2. The van der Waals surface area contributed by atoms with Crippen molar-refractivity contribution in [3.8, 4) is 0 Å². The summed E-state index contributed by atoms with van der Waals surface area (Å²) in [5.74, 6) is 0.492. The molecule has 2 rings (SSSR count). The van der Waals surface area contributed by atoms with Gasteiger partial charge in [0.25, 0.3) is 0 Å². The van der Waals surface area contributed by atoms with Crippen LogP contribution in [-0.2, 0) is 4.79 Å². The largest absolute Gasteiger partial charge is 0.393 e. The van der Waals surface area contributed by atoms with Crippen LogP contribution in [0.2, 0.25) is 0 Å². The van der Waals surface area contributed by atoms with E-state index in [0.717, 1.165) is 38.8 Å². The van der Waals surface area contributed by atoms with Gasteiger partial charge in [-0.25, -0.2) is 0 Å². The number of amides is 1. The molecular formula is C14H26N2O2. The fourth-order valence-corrected chi connectivity index (χ4v) is 3.18. The Bertz CT molecular complexity index is 275. The maximum atomic E-state index is 11.9. The highest BCUT2D eigenvalue weighted by molar-refractivity contribution is 5.78. The van der Waals surface area contributed by atoms with Crippen LogP contribution in [-0.4, -0.2) is 47.7 Å². The highest BCUT2D eigenvalue weighted by Crippen LogP contribution is 2.20. The van der Waals surface area contributed by atoms with Gasteiger partial charge >= 0.3 is 0 Å². The monoisotopic (exact) mass is 254 g/mol. The van der Waals surface area contributed by atoms with E-state index in [1.165, 1.54) is 12.8 Å². The molecule has 2 fully saturated rings. The standard InChI is InChI=1S/C14H26N2O2/c1-11(17)12-5-4-8-16(9-12)10-14(18)15-13-6-2-3-7-13/h11-13,17H,2-10H2,1H3,(H,15,18). The van der Waals surface area contributed by atoms with E-state index in [0.29, 0.717) is 18.5 Å². The Hall–Kier alpha value is -0.610. The Kier molecular flexibility index (Phi) is 5.01. The number of hydrogen-bond acceptors (Lipinski definition) is 3. The van der Waals surface area contributed by atoms with Crippen molar-refractivity contribution in [3.05, 3.63) is 0 Å². The number of aliphatic hydroxyl groups is 1. The van der Waals surface area contributed by atoms with Crippen LogP contribution in [0.4, 0.5) is 0 Å². The molecule has 0 radical (unpaired) electrons. The molecule has 1 aliphatic carbocycles. The molecule has 2 aliphatic rings. The van der Waals surface area contributed by atoms with Gasteiger partial charge in [0.15, 0.2) is 0 Å². The third kappa shape index (κ3) is 3.95. The smallest absolute Gasteiger partial charge is 0.234 e. The zero-order valence-electron chi connectivity index (χ0n) is 11.4. The molecule has 0 aromatic rings. The highest BCUT2D eigenvalue weighted by Gasteiger charge is 2.25. The molecule has 18 heavy (non-hydrogen) atoms. The summed E-state index contributed by atoms with van der Waals surface area (Å²) < 4.78 is 0. The Balaban J connectivity index is 1.72. The molecule has 4 nitrogen and oxygen atoms in total. The van der Waals surface area contributed by atoms with E-state index < -0.39 is 0 Å². The van der Waals surface area contributed by atoms with Gasteiger partial charge in [0.05, 0.1) is 12.6 Å². The molecule has 2 atom stereocenters. The van der Waals surface area contributed by atoms with Gasteiger partial charge in [0.2, 0.25) is 5.91 Å². The highest BCUT2D eigenvalue weighted by atomic mass is 16.3. The summed E-state index contributed by atoms with van der Waals surface area (Å²) in [6, 6.07) is 0.412. The van der Waals surface area contributed by atoms with Crippen LogP contribution in [0.3, 0.4) is 0 Å². The quantitative estimate of drug-likeness (QED) is 0.791. The maximum absolute atomic E-state index is 11.9. The van der Waals surface area contributed by atoms with E-state index in [2.05, 4.69) is 10.2 Å². The Morgan fingerprint density at radius 3 is 2.72 bits per heavy atom. The minimum Gasteiger partial charge on any atom is -0.393 e. The topological polar surface area (TPSA) is 52.6 Å². The second-order valence-electron chi connectivity index (χ2n) is 5.93. The Morgan fingerprint density at radius 2 is 2.06 bits per heavy atom. The van der Waals surface area contributed by atoms with E-state index in [1.54, 1.807) is 0 Å². The van der Waals surface area contributed by atoms with Crippen molar-refractivity contribution in [2.75, 3.05) is 19.6 Å². The molecule has 104 valence electrons. The van der Waals surface area contributed by atoms with Gasteiger partial charge in [-0.15, -0.1) is 0 Å². The predicted octanol–water partition coefficient (Wildman–Crippen LogP) is 1.14. The molecule has 0 aromatic carbocycles. The number of likely N-dealkylation sites (tertiary alicyclic amines) is 1. The second-order valence-corrected chi connectivity index (χ2v) is 5.93. The third-order valence-electron chi connectivity index (χ3n) is 4.31. The van der Waals surface area contributed by atoms with Gasteiger partial charge in [0, 0.05) is 12.6 Å². The molecule has 2 unspecified atom stereocenters. The van der Waals surface area contributed by atoms with Crippen molar-refractivity contribution in [1.29, 1.82) is 0 Å². The SMILES string of the molecule is CC(O)C1CCCN(CC(=O)NC2CCCC2)C1. The molecule has 0 bridgehead atoms. The summed E-state index contributed by atoms with van der Waals surface area (Å²) in [7, 11) is 0. The van der Waals surface area contributed by atoms with Crippen LogP contribution >= 0.6 is 0 Å². The average Bonchev–Trinajstić information content (AvgIpc) is 2.82. The molecule has 4 heteroatoms. The van der Waals surface area contributed by atoms with E-state index in [1.807, 2.05) is 6.92 Å². The molecule has 0 spiro atoms. The van der Waals surface area contributed by atoms with Crippen LogP contribution in [0.15, 0.2) is 0 Å². The fraction of sp³-hybridized carbons (Fsp3) is 0.929. The number of hydrogen-bond donors (Lipinski definition) is 2. The minimum atomic E-state index is -0.259. The maximum Gasteiger partial charge on any atom is 0.234 e. The predicted molar refractivity (Wildman–Crippen MR) is 71.2 cm³/mol. The van der Waals surface area contributed by atoms with E-state index >= 15 is 0 Å². The molecule has 1 heterocycles. The first kappa shape index (κ1) is 13.8. The van der Waals surface area contributed by atoms with Gasteiger partial charge in [-0.1, -0.05) is 12.8 Å². The molecule has 1 amide bonds. The molecule has 0 aromatic heterocycles. The lowest BCUT2D eigenvalue weighted by Crippen LogP contribution is -2.46. The molecule has 2 N–H and O–H groups in total. The summed E-state index contributed by atoms with van der Waals surface area (Å²) in [4.78, 5) is 14.1. The summed E-state index contributed by atoms with van der Waals surface area (Å²) in [5.41, 5.74) is 0. The first-order valence-corrected chi connectivity index (χ1v) is 7.35. The lowest BCUT2D eigenvalue weighted by atomic mass is 9.93. The number of carbonyl (C=O) groups excluding carboxylic acids is 1. The zero-order valence-corrected chi connectivity index (χ0v) is 11.4. The molecule has 1 saturated heterocycles. The van der Waals surface area contributed by atoms with Gasteiger partial charge in [-0.05, 0) is 45.1 Å². The van der Waals surface area contributed by atoms with E-state index in [-0.39, 0.29) is 12.0 Å². The number of nitrogens with one attached hydrogen (secondary N) is 1. The summed E-state index contributed by atoms with van der Waals surface area (Å²) in [6.45, 7) is 4.20. The number of carbonyl (C=O) groups is 1. The average molecular weight is 254 g/mol. The lowest BCUT2D eigenvalue weighted by Gasteiger charge is -2.33. The van der Waals surface area contributed by atoms with Gasteiger partial charge in [-0.2, -0.15) is 0 Å². The molecule has 1 aliphatic heterocycles. The first-order valence-electron chi connectivity index (χ1n) is 7.35. The van der Waals surface area contributed by atoms with Crippen molar-refractivity contribution in [3.63, 3.8) is 0 Å². The van der Waals surface area contributed by atoms with Gasteiger partial charge in [0.1, 0.15) is 0 Å². The van der Waals surface area contributed by atoms with Gasteiger partial charge < -0.3 is 10.4 Å². The van der Waals surface area contributed by atoms with Crippen molar-refractivity contribution >= 4 is 5.91 Å². The van der Waals surface area contributed by atoms with Crippen molar-refractivity contribution in [1.82, 2.24) is 10.2 Å². The zero-order chi connectivity index (χ0) is 13.0. The molecular weight excluding hydrogens is 228 g/mol. The van der Waals surface area contributed by atoms with E-state index in [9.17, 15) is 9.90 Å². The summed E-state index contributed by atoms with van der Waals surface area (Å²) >= 11 is 0. The van der Waals surface area contributed by atoms with E-state index in [4.69, 9.17) is 0 Å². The minimum absolute atomic E-state index is 0.160. The Morgan fingerprint density at radius 1 is 1.33 bits per heavy atom. The number of piperidine rings is 1.